The molecule has 0 aromatic heterocycles. The van der Waals surface area contributed by atoms with E-state index in [1.807, 2.05) is 0 Å². The second-order valence-corrected chi connectivity index (χ2v) is 12.6. The van der Waals surface area contributed by atoms with Crippen LogP contribution in [0.15, 0.2) is 0 Å². The van der Waals surface area contributed by atoms with Crippen LogP contribution in [0.3, 0.4) is 0 Å². The maximum Gasteiger partial charge on any atom is 0.347 e. The van der Waals surface area contributed by atoms with Crippen molar-refractivity contribution >= 4 is 41.8 Å². The van der Waals surface area contributed by atoms with Crippen LogP contribution in [-0.4, -0.2) is 83.5 Å². The van der Waals surface area contributed by atoms with Crippen molar-refractivity contribution in [3.63, 3.8) is 0 Å². The first kappa shape index (κ1) is 46.3. The molecule has 1 N–H and O–H groups in total. The molecule has 0 aromatic carbocycles. The molecule has 0 aliphatic heterocycles. The minimum Gasteiger partial charge on any atom is -0.479 e. The van der Waals surface area contributed by atoms with Crippen LogP contribution in [-0.2, 0) is 62.0 Å². The maximum atomic E-state index is 12.4. The van der Waals surface area contributed by atoms with Gasteiger partial charge in [0.2, 0.25) is 0 Å². The molecule has 0 saturated heterocycles. The van der Waals surface area contributed by atoms with E-state index in [1.54, 1.807) is 0 Å². The van der Waals surface area contributed by atoms with Crippen LogP contribution >= 0.6 is 0 Å². The van der Waals surface area contributed by atoms with Gasteiger partial charge in [-0.1, -0.05) is 96.8 Å². The smallest absolute Gasteiger partial charge is 0.347 e. The average molecular weight is 717 g/mol. The lowest BCUT2D eigenvalue weighted by Crippen LogP contribution is -2.39. The molecular formula is C36H60O14. The number of aliphatic carboxylic acids is 1. The van der Waals surface area contributed by atoms with Crippen molar-refractivity contribution < 1.29 is 67.1 Å². The number of hydrogen-bond donors (Lipinski definition) is 1. The number of esters is 6. The molecule has 0 bridgehead atoms. The summed E-state index contributed by atoms with van der Waals surface area (Å²) >= 11 is 0. The largest absolute Gasteiger partial charge is 0.479 e. The second kappa shape index (κ2) is 27.1. The normalized spacial score (nSPS) is 14.5. The van der Waals surface area contributed by atoms with Gasteiger partial charge in [-0.25, -0.2) is 28.8 Å². The third-order valence-corrected chi connectivity index (χ3v) is 7.76. The van der Waals surface area contributed by atoms with E-state index in [0.29, 0.717) is 6.42 Å². The summed E-state index contributed by atoms with van der Waals surface area (Å²) in [7, 11) is 0. The Kier molecular flexibility index (Phi) is 25.1. The molecule has 0 radical (unpaired) electrons. The number of carboxylic acid groups (broad SMARTS) is 1. The zero-order valence-electron chi connectivity index (χ0n) is 31.0. The van der Waals surface area contributed by atoms with Crippen LogP contribution in [0.5, 0.6) is 0 Å². The van der Waals surface area contributed by atoms with Gasteiger partial charge in [0.25, 0.3) is 0 Å². The van der Waals surface area contributed by atoms with Crippen molar-refractivity contribution in [2.75, 3.05) is 0 Å². The van der Waals surface area contributed by atoms with E-state index >= 15 is 0 Å². The quantitative estimate of drug-likeness (QED) is 0.0569. The highest BCUT2D eigenvalue weighted by molar-refractivity contribution is 5.87. The van der Waals surface area contributed by atoms with Crippen LogP contribution in [0, 0.1) is 0 Å². The van der Waals surface area contributed by atoms with Gasteiger partial charge < -0.3 is 33.5 Å². The maximum absolute atomic E-state index is 12.4. The molecule has 0 amide bonds. The molecular weight excluding hydrogens is 656 g/mol. The topological polar surface area (TPSA) is 195 Å². The minimum atomic E-state index is -1.53. The van der Waals surface area contributed by atoms with E-state index in [-0.39, 0.29) is 6.42 Å². The van der Waals surface area contributed by atoms with E-state index < -0.39 is 78.4 Å². The molecule has 0 heterocycles. The van der Waals surface area contributed by atoms with Crippen molar-refractivity contribution in [3.8, 4) is 0 Å². The van der Waals surface area contributed by atoms with Crippen molar-refractivity contribution in [1.29, 1.82) is 0 Å². The predicted octanol–water partition coefficient (Wildman–Crippen LogP) is 5.92. The number of unbranched alkanes of at least 4 members (excludes halogenated alkanes) is 14. The highest BCUT2D eigenvalue weighted by atomic mass is 16.6. The molecule has 0 saturated carbocycles. The van der Waals surface area contributed by atoms with Gasteiger partial charge in [-0.2, -0.15) is 0 Å². The first-order chi connectivity index (χ1) is 23.6. The van der Waals surface area contributed by atoms with Gasteiger partial charge in [-0.3, -0.25) is 4.79 Å². The van der Waals surface area contributed by atoms with Crippen molar-refractivity contribution in [3.05, 3.63) is 0 Å². The lowest BCUT2D eigenvalue weighted by molar-refractivity contribution is -0.187. The van der Waals surface area contributed by atoms with Crippen LogP contribution in [0.1, 0.15) is 151 Å². The van der Waals surface area contributed by atoms with Crippen LogP contribution in [0.4, 0.5) is 0 Å². The van der Waals surface area contributed by atoms with Gasteiger partial charge in [0, 0.05) is 6.42 Å². The summed E-state index contributed by atoms with van der Waals surface area (Å²) in [5.41, 5.74) is 0. The third-order valence-electron chi connectivity index (χ3n) is 7.76. The fourth-order valence-corrected chi connectivity index (χ4v) is 4.54. The fraction of sp³-hybridized carbons (Fsp3) is 0.806. The summed E-state index contributed by atoms with van der Waals surface area (Å²) < 4.78 is 29.5. The summed E-state index contributed by atoms with van der Waals surface area (Å²) in [6, 6.07) is 0. The summed E-state index contributed by atoms with van der Waals surface area (Å²) in [5, 5.41) is 8.80. The number of rotatable bonds is 28. The lowest BCUT2D eigenvalue weighted by atomic mass is 10.0. The molecule has 0 fully saturated rings. The van der Waals surface area contributed by atoms with Crippen LogP contribution in [0.25, 0.3) is 0 Å². The molecule has 0 unspecified atom stereocenters. The highest BCUT2D eigenvalue weighted by Gasteiger charge is 2.32. The third kappa shape index (κ3) is 22.1. The Hall–Kier alpha value is -3.71. The van der Waals surface area contributed by atoms with Gasteiger partial charge in [-0.15, -0.1) is 0 Å². The van der Waals surface area contributed by atoms with Crippen molar-refractivity contribution in [2.24, 2.45) is 0 Å². The zero-order valence-corrected chi connectivity index (χ0v) is 31.0. The zero-order chi connectivity index (χ0) is 38.1. The minimum absolute atomic E-state index is 0.159. The standard InChI is InChI=1S/C36H60O14/c1-8-9-10-11-12-13-14-15-16-17-18-19-20-21-22-23-30(37)45-25(3)32(40)47-27(5)34(42)49-29(7)36(44)50-28(6)35(43)48-26(4)33(41)46-24(2)31(38)39/h24-29H,8-23H2,1-7H3,(H,38,39)/t24-,25+,26-,27-,28-,29-/m1/s1. The van der Waals surface area contributed by atoms with Gasteiger partial charge in [-0.05, 0) is 48.0 Å². The van der Waals surface area contributed by atoms with E-state index in [2.05, 4.69) is 11.7 Å². The second-order valence-electron chi connectivity index (χ2n) is 12.6. The summed E-state index contributed by atoms with van der Waals surface area (Å²) in [5.74, 6) is -7.43. The van der Waals surface area contributed by atoms with Gasteiger partial charge in [0.1, 0.15) is 0 Å². The molecule has 0 aliphatic rings. The van der Waals surface area contributed by atoms with Crippen molar-refractivity contribution in [2.45, 2.75) is 188 Å². The molecule has 50 heavy (non-hydrogen) atoms. The average Bonchev–Trinajstić information content (AvgIpc) is 3.05. The molecule has 288 valence electrons. The number of hydrogen-bond acceptors (Lipinski definition) is 13. The molecule has 0 spiro atoms. The number of ether oxygens (including phenoxy) is 6. The molecule has 0 aliphatic carbocycles. The van der Waals surface area contributed by atoms with E-state index in [4.69, 9.17) is 28.8 Å². The first-order valence-corrected chi connectivity index (χ1v) is 18.0. The number of carbonyl (C=O) groups is 7. The van der Waals surface area contributed by atoms with E-state index in [9.17, 15) is 33.6 Å². The predicted molar refractivity (Wildman–Crippen MR) is 181 cm³/mol. The SMILES string of the molecule is CCCCCCCCCCCCCCCCCC(=O)O[C@@H](C)C(=O)O[C@H](C)C(=O)O[C@H](C)C(=O)O[C@H](C)C(=O)O[C@H](C)C(=O)O[C@H](C)C(=O)O. The van der Waals surface area contributed by atoms with E-state index in [1.165, 1.54) is 84.5 Å². The Morgan fingerprint density at radius 2 is 0.620 bits per heavy atom. The Balaban J connectivity index is 4.24. The van der Waals surface area contributed by atoms with Gasteiger partial charge in [0.05, 0.1) is 0 Å². The molecule has 14 nitrogen and oxygen atoms in total. The summed E-state index contributed by atoms with van der Waals surface area (Å²) in [4.78, 5) is 84.1. The summed E-state index contributed by atoms with van der Waals surface area (Å²) in [6.45, 7) is 9.30. The Morgan fingerprint density at radius 3 is 0.900 bits per heavy atom. The molecule has 0 rings (SSSR count). The lowest BCUT2D eigenvalue weighted by Gasteiger charge is -2.20. The van der Waals surface area contributed by atoms with Crippen molar-refractivity contribution in [1.82, 2.24) is 0 Å². The monoisotopic (exact) mass is 716 g/mol. The molecule has 0 aromatic rings. The number of carboxylic acids is 1. The Labute approximate surface area is 296 Å². The number of carbonyl (C=O) groups excluding carboxylic acids is 6. The Bertz CT molecular complexity index is 1060. The van der Waals surface area contributed by atoms with Crippen LogP contribution in [0.2, 0.25) is 0 Å². The molecule has 6 atom stereocenters. The Morgan fingerprint density at radius 1 is 0.380 bits per heavy atom. The van der Waals surface area contributed by atoms with E-state index in [0.717, 1.165) is 47.0 Å². The first-order valence-electron chi connectivity index (χ1n) is 18.0. The summed E-state index contributed by atoms with van der Waals surface area (Å²) in [6.07, 6.45) is 9.46. The van der Waals surface area contributed by atoms with Gasteiger partial charge >= 0.3 is 41.8 Å². The van der Waals surface area contributed by atoms with Gasteiger partial charge in [0.15, 0.2) is 36.6 Å². The van der Waals surface area contributed by atoms with Crippen LogP contribution < -0.4 is 0 Å². The highest BCUT2D eigenvalue weighted by Crippen LogP contribution is 2.14. The fourth-order valence-electron chi connectivity index (χ4n) is 4.54. The molecule has 14 heteroatoms.